The molecule has 1 unspecified atom stereocenters. The molecule has 1 atom stereocenters. The minimum atomic E-state index is 0.259. The largest absolute Gasteiger partial charge is 0.492 e. The number of pyridine rings is 1. The van der Waals surface area contributed by atoms with Crippen LogP contribution in [-0.2, 0) is 6.42 Å². The second kappa shape index (κ2) is 7.28. The summed E-state index contributed by atoms with van der Waals surface area (Å²) in [4.78, 5) is 4.19. The Morgan fingerprint density at radius 3 is 2.76 bits per heavy atom. The van der Waals surface area contributed by atoms with Crippen molar-refractivity contribution in [2.24, 2.45) is 11.7 Å². The zero-order chi connectivity index (χ0) is 12.7. The van der Waals surface area contributed by atoms with Crippen molar-refractivity contribution in [2.45, 2.75) is 46.1 Å². The first-order chi connectivity index (χ1) is 8.13. The quantitative estimate of drug-likeness (QED) is 0.792. The van der Waals surface area contributed by atoms with Crippen LogP contribution in [0.15, 0.2) is 18.5 Å². The van der Waals surface area contributed by atoms with Crippen molar-refractivity contribution in [1.82, 2.24) is 4.98 Å². The zero-order valence-electron chi connectivity index (χ0n) is 11.1. The van der Waals surface area contributed by atoms with Gasteiger partial charge in [-0.3, -0.25) is 4.98 Å². The van der Waals surface area contributed by atoms with Gasteiger partial charge >= 0.3 is 0 Å². The Bertz CT molecular complexity index is 326. The normalized spacial score (nSPS) is 12.8. The standard InChI is InChI=1S/C14H24N2O/c1-4-7-17-13-8-12(9-16-10-13)5-6-14(15)11(2)3/h8-11,14H,4-7,15H2,1-3H3. The Labute approximate surface area is 104 Å². The van der Waals surface area contributed by atoms with E-state index in [2.05, 4.69) is 31.8 Å². The lowest BCUT2D eigenvalue weighted by Crippen LogP contribution is -2.26. The molecule has 0 aliphatic rings. The summed E-state index contributed by atoms with van der Waals surface area (Å²) in [5.41, 5.74) is 7.23. The molecule has 2 N–H and O–H groups in total. The van der Waals surface area contributed by atoms with Gasteiger partial charge in [0.25, 0.3) is 0 Å². The van der Waals surface area contributed by atoms with Gasteiger partial charge in [-0.2, -0.15) is 0 Å². The predicted molar refractivity (Wildman–Crippen MR) is 71.2 cm³/mol. The summed E-state index contributed by atoms with van der Waals surface area (Å²) in [5, 5.41) is 0. The Morgan fingerprint density at radius 2 is 2.12 bits per heavy atom. The summed E-state index contributed by atoms with van der Waals surface area (Å²) >= 11 is 0. The number of aryl methyl sites for hydroxylation is 1. The third-order valence-corrected chi connectivity index (χ3v) is 2.87. The van der Waals surface area contributed by atoms with Gasteiger partial charge in [-0.1, -0.05) is 20.8 Å². The van der Waals surface area contributed by atoms with Gasteiger partial charge in [-0.15, -0.1) is 0 Å². The molecule has 1 aromatic heterocycles. The first-order valence-electron chi connectivity index (χ1n) is 6.45. The van der Waals surface area contributed by atoms with Crippen molar-refractivity contribution in [3.8, 4) is 5.75 Å². The van der Waals surface area contributed by atoms with Gasteiger partial charge in [-0.25, -0.2) is 0 Å². The van der Waals surface area contributed by atoms with Crippen molar-refractivity contribution in [1.29, 1.82) is 0 Å². The first kappa shape index (κ1) is 14.0. The summed E-state index contributed by atoms with van der Waals surface area (Å²) in [7, 11) is 0. The van der Waals surface area contributed by atoms with Gasteiger partial charge in [0.2, 0.25) is 0 Å². The molecule has 0 aromatic carbocycles. The maximum Gasteiger partial charge on any atom is 0.137 e. The SMILES string of the molecule is CCCOc1cncc(CCC(N)C(C)C)c1. The fraction of sp³-hybridized carbons (Fsp3) is 0.643. The molecular formula is C14H24N2O. The number of nitrogens with two attached hydrogens (primary N) is 1. The molecule has 3 nitrogen and oxygen atoms in total. The molecule has 1 aromatic rings. The number of ether oxygens (including phenoxy) is 1. The Balaban J connectivity index is 2.48. The molecule has 0 saturated carbocycles. The fourth-order valence-corrected chi connectivity index (χ4v) is 1.57. The lowest BCUT2D eigenvalue weighted by atomic mass is 9.98. The van der Waals surface area contributed by atoms with E-state index in [-0.39, 0.29) is 6.04 Å². The van der Waals surface area contributed by atoms with Crippen LogP contribution in [0.3, 0.4) is 0 Å². The van der Waals surface area contributed by atoms with E-state index in [9.17, 15) is 0 Å². The van der Waals surface area contributed by atoms with Gasteiger partial charge in [0.05, 0.1) is 12.8 Å². The first-order valence-corrected chi connectivity index (χ1v) is 6.45. The zero-order valence-corrected chi connectivity index (χ0v) is 11.1. The highest BCUT2D eigenvalue weighted by Gasteiger charge is 2.08. The third kappa shape index (κ3) is 5.18. The molecule has 1 heterocycles. The second-order valence-electron chi connectivity index (χ2n) is 4.82. The third-order valence-electron chi connectivity index (χ3n) is 2.87. The summed E-state index contributed by atoms with van der Waals surface area (Å²) in [5.74, 6) is 1.39. The van der Waals surface area contributed by atoms with Crippen LogP contribution >= 0.6 is 0 Å². The molecule has 1 rings (SSSR count). The molecule has 3 heteroatoms. The van der Waals surface area contributed by atoms with Gasteiger partial charge in [0, 0.05) is 12.2 Å². The molecular weight excluding hydrogens is 212 g/mol. The van der Waals surface area contributed by atoms with E-state index >= 15 is 0 Å². The molecule has 96 valence electrons. The van der Waals surface area contributed by atoms with Crippen molar-refractivity contribution in [3.05, 3.63) is 24.0 Å². The summed E-state index contributed by atoms with van der Waals surface area (Å²) in [6.45, 7) is 7.16. The highest BCUT2D eigenvalue weighted by atomic mass is 16.5. The molecule has 0 aliphatic carbocycles. The molecule has 0 bridgehead atoms. The summed E-state index contributed by atoms with van der Waals surface area (Å²) < 4.78 is 5.56. The molecule has 0 saturated heterocycles. The van der Waals surface area contributed by atoms with Crippen LogP contribution in [-0.4, -0.2) is 17.6 Å². The summed E-state index contributed by atoms with van der Waals surface area (Å²) in [6, 6.07) is 2.32. The number of hydrogen-bond acceptors (Lipinski definition) is 3. The van der Waals surface area contributed by atoms with Crippen LogP contribution in [0.2, 0.25) is 0 Å². The maximum atomic E-state index is 6.03. The van der Waals surface area contributed by atoms with Crippen LogP contribution in [0, 0.1) is 5.92 Å². The number of aromatic nitrogens is 1. The van der Waals surface area contributed by atoms with Crippen LogP contribution in [0.25, 0.3) is 0 Å². The van der Waals surface area contributed by atoms with Gasteiger partial charge < -0.3 is 10.5 Å². The molecule has 17 heavy (non-hydrogen) atoms. The Kier molecular flexibility index (Phi) is 5.98. The van der Waals surface area contributed by atoms with Crippen LogP contribution in [0.5, 0.6) is 5.75 Å². The van der Waals surface area contributed by atoms with Crippen molar-refractivity contribution >= 4 is 0 Å². The smallest absolute Gasteiger partial charge is 0.137 e. The van der Waals surface area contributed by atoms with Gasteiger partial charge in [0.15, 0.2) is 0 Å². The number of nitrogens with zero attached hydrogens (tertiary/aromatic N) is 1. The van der Waals surface area contributed by atoms with Gasteiger partial charge in [0.1, 0.15) is 5.75 Å². The molecule has 0 spiro atoms. The van der Waals surface area contributed by atoms with E-state index in [1.54, 1.807) is 6.20 Å². The van der Waals surface area contributed by atoms with Crippen molar-refractivity contribution in [2.75, 3.05) is 6.61 Å². The van der Waals surface area contributed by atoms with Crippen molar-refractivity contribution < 1.29 is 4.74 Å². The predicted octanol–water partition coefficient (Wildman–Crippen LogP) is 2.79. The van der Waals surface area contributed by atoms with E-state index in [0.717, 1.165) is 31.6 Å². The van der Waals surface area contributed by atoms with Crippen molar-refractivity contribution in [3.63, 3.8) is 0 Å². The average molecular weight is 236 g/mol. The average Bonchev–Trinajstić information content (AvgIpc) is 2.33. The fourth-order valence-electron chi connectivity index (χ4n) is 1.57. The van der Waals surface area contributed by atoms with E-state index in [4.69, 9.17) is 10.5 Å². The van der Waals surface area contributed by atoms with Gasteiger partial charge in [-0.05, 0) is 36.8 Å². The topological polar surface area (TPSA) is 48.1 Å². The molecule has 0 amide bonds. The maximum absolute atomic E-state index is 6.03. The van der Waals surface area contributed by atoms with E-state index < -0.39 is 0 Å². The molecule has 0 aliphatic heterocycles. The highest BCUT2D eigenvalue weighted by molar-refractivity contribution is 5.23. The lowest BCUT2D eigenvalue weighted by Gasteiger charge is -2.15. The van der Waals surface area contributed by atoms with Crippen LogP contribution in [0.4, 0.5) is 0 Å². The second-order valence-corrected chi connectivity index (χ2v) is 4.82. The monoisotopic (exact) mass is 236 g/mol. The number of hydrogen-bond donors (Lipinski definition) is 1. The Hall–Kier alpha value is -1.09. The highest BCUT2D eigenvalue weighted by Crippen LogP contribution is 2.14. The molecule has 0 radical (unpaired) electrons. The van der Waals surface area contributed by atoms with E-state index in [1.807, 2.05) is 6.20 Å². The van der Waals surface area contributed by atoms with Crippen LogP contribution < -0.4 is 10.5 Å². The lowest BCUT2D eigenvalue weighted by molar-refractivity contribution is 0.315. The molecule has 0 fully saturated rings. The number of rotatable bonds is 7. The minimum absolute atomic E-state index is 0.259. The Morgan fingerprint density at radius 1 is 1.35 bits per heavy atom. The minimum Gasteiger partial charge on any atom is -0.492 e. The summed E-state index contributed by atoms with van der Waals surface area (Å²) in [6.07, 6.45) is 6.64. The van der Waals surface area contributed by atoms with E-state index in [0.29, 0.717) is 5.92 Å². The van der Waals surface area contributed by atoms with Crippen LogP contribution in [0.1, 0.15) is 39.2 Å². The van der Waals surface area contributed by atoms with E-state index in [1.165, 1.54) is 5.56 Å².